The predicted octanol–water partition coefficient (Wildman–Crippen LogP) is 4.75. The monoisotopic (exact) mass is 494 g/mol. The summed E-state index contributed by atoms with van der Waals surface area (Å²) in [5.41, 5.74) is 3.68. The molecule has 7 heteroatoms. The van der Waals surface area contributed by atoms with E-state index in [0.29, 0.717) is 25.6 Å². The summed E-state index contributed by atoms with van der Waals surface area (Å²) < 4.78 is 7.46. The van der Waals surface area contributed by atoms with Gasteiger partial charge in [0.1, 0.15) is 0 Å². The van der Waals surface area contributed by atoms with Crippen molar-refractivity contribution >= 4 is 35.0 Å². The number of hydrogen-bond donors (Lipinski definition) is 0. The topological polar surface area (TPSA) is 60.7 Å². The number of aromatic nitrogens is 1. The van der Waals surface area contributed by atoms with Gasteiger partial charge in [0, 0.05) is 5.02 Å². The summed E-state index contributed by atoms with van der Waals surface area (Å²) in [5, 5.41) is 0.577. The van der Waals surface area contributed by atoms with Crippen molar-refractivity contribution < 1.29 is 9.53 Å². The Morgan fingerprint density at radius 1 is 1.15 bits per heavy atom. The number of halogens is 1. The van der Waals surface area contributed by atoms with E-state index in [2.05, 4.69) is 37.9 Å². The molecule has 2 heterocycles. The van der Waals surface area contributed by atoms with Gasteiger partial charge in [0.05, 0.1) is 28.5 Å². The van der Waals surface area contributed by atoms with Crippen molar-refractivity contribution in [1.29, 1.82) is 0 Å². The van der Waals surface area contributed by atoms with Gasteiger partial charge in [0.15, 0.2) is 4.80 Å². The smallest absolute Gasteiger partial charge is 0.338 e. The Hall–Kier alpha value is -2.96. The quantitative estimate of drug-likeness (QED) is 0.492. The third-order valence-electron chi connectivity index (χ3n) is 5.78. The third-order valence-corrected chi connectivity index (χ3v) is 7.01. The van der Waals surface area contributed by atoms with Crippen molar-refractivity contribution in [3.63, 3.8) is 0 Å². The van der Waals surface area contributed by atoms with E-state index in [1.54, 1.807) is 30.5 Å². The van der Waals surface area contributed by atoms with Crippen LogP contribution in [0.15, 0.2) is 69.6 Å². The van der Waals surface area contributed by atoms with Crippen molar-refractivity contribution in [2.75, 3.05) is 6.61 Å². The lowest BCUT2D eigenvalue weighted by atomic mass is 9.87. The van der Waals surface area contributed by atoms with Crippen molar-refractivity contribution in [2.45, 2.75) is 46.1 Å². The number of allylic oxidation sites excluding steroid dienone is 1. The summed E-state index contributed by atoms with van der Waals surface area (Å²) in [5.74, 6) is -0.476. The van der Waals surface area contributed by atoms with E-state index in [1.807, 2.05) is 30.3 Å². The Balaban J connectivity index is 1.88. The third kappa shape index (κ3) is 4.65. The van der Waals surface area contributed by atoms with Gasteiger partial charge < -0.3 is 4.74 Å². The number of carbonyl (C=O) groups is 1. The van der Waals surface area contributed by atoms with Gasteiger partial charge in [-0.25, -0.2) is 9.79 Å². The fraction of sp³-hybridized carbons (Fsp3) is 0.296. The Kier molecular flexibility index (Phi) is 6.65. The number of esters is 1. The van der Waals surface area contributed by atoms with Gasteiger partial charge in [0.25, 0.3) is 5.56 Å². The molecule has 1 aliphatic heterocycles. The molecule has 0 unspecified atom stereocenters. The zero-order chi connectivity index (χ0) is 24.6. The lowest BCUT2D eigenvalue weighted by Gasteiger charge is -2.24. The average Bonchev–Trinajstić information content (AvgIpc) is 3.08. The van der Waals surface area contributed by atoms with Crippen LogP contribution < -0.4 is 14.9 Å². The molecular weight excluding hydrogens is 468 g/mol. The van der Waals surface area contributed by atoms with Gasteiger partial charge in [-0.3, -0.25) is 9.36 Å². The van der Waals surface area contributed by atoms with E-state index in [-0.39, 0.29) is 17.6 Å². The first kappa shape index (κ1) is 24.2. The molecule has 4 rings (SSSR count). The molecular formula is C27H27ClN2O3S. The molecule has 0 fully saturated rings. The molecule has 34 heavy (non-hydrogen) atoms. The molecule has 0 bridgehead atoms. The summed E-state index contributed by atoms with van der Waals surface area (Å²) in [7, 11) is 0. The standard InChI is InChI=1S/C27H27ClN2O3S/c1-6-33-25(32)22-16(2)29-26-30(23(22)18-9-13-20(28)14-10-18)24(31)21(34-26)15-17-7-11-19(12-8-17)27(3,4)5/h7-15,23H,6H2,1-5H3/b21-15-/t23-/m1/s1. The summed E-state index contributed by atoms with van der Waals surface area (Å²) in [4.78, 5) is 31.7. The minimum absolute atomic E-state index is 0.0531. The SMILES string of the molecule is CCOC(=O)C1=C(C)N=c2s/c(=C\c3ccc(C(C)(C)C)cc3)c(=O)n2[C@@H]1c1ccc(Cl)cc1. The Morgan fingerprint density at radius 3 is 2.38 bits per heavy atom. The van der Waals surface area contributed by atoms with Gasteiger partial charge in [-0.05, 0) is 54.2 Å². The van der Waals surface area contributed by atoms with Crippen LogP contribution in [0.4, 0.5) is 0 Å². The highest BCUT2D eigenvalue weighted by atomic mass is 35.5. The highest BCUT2D eigenvalue weighted by molar-refractivity contribution is 7.07. The minimum atomic E-state index is -0.641. The molecule has 176 valence electrons. The first-order chi connectivity index (χ1) is 16.1. The number of ether oxygens (including phenoxy) is 1. The number of fused-ring (bicyclic) bond motifs is 1. The van der Waals surface area contributed by atoms with Gasteiger partial charge >= 0.3 is 5.97 Å². The molecule has 2 aromatic carbocycles. The van der Waals surface area contributed by atoms with Gasteiger partial charge in [-0.1, -0.05) is 80.1 Å². The molecule has 0 N–H and O–H groups in total. The van der Waals surface area contributed by atoms with Gasteiger partial charge in [-0.2, -0.15) is 0 Å². The molecule has 0 saturated carbocycles. The minimum Gasteiger partial charge on any atom is -0.463 e. The van der Waals surface area contributed by atoms with Crippen LogP contribution in [0.3, 0.4) is 0 Å². The first-order valence-corrected chi connectivity index (χ1v) is 12.3. The molecule has 0 aliphatic carbocycles. The number of thiazole rings is 1. The second-order valence-electron chi connectivity index (χ2n) is 9.23. The van der Waals surface area contributed by atoms with Crippen molar-refractivity contribution in [3.05, 3.63) is 101 Å². The maximum atomic E-state index is 13.6. The molecule has 0 amide bonds. The van der Waals surface area contributed by atoms with Crippen molar-refractivity contribution in [2.24, 2.45) is 4.99 Å². The maximum Gasteiger partial charge on any atom is 0.338 e. The molecule has 1 aliphatic rings. The van der Waals surface area contributed by atoms with Crippen molar-refractivity contribution in [1.82, 2.24) is 4.57 Å². The van der Waals surface area contributed by atoms with Crippen LogP contribution in [0.2, 0.25) is 5.02 Å². The first-order valence-electron chi connectivity index (χ1n) is 11.2. The zero-order valence-electron chi connectivity index (χ0n) is 19.9. The lowest BCUT2D eigenvalue weighted by molar-refractivity contribution is -0.139. The van der Waals surface area contributed by atoms with Crippen LogP contribution in [0, 0.1) is 0 Å². The largest absolute Gasteiger partial charge is 0.463 e. The van der Waals surface area contributed by atoms with E-state index in [9.17, 15) is 9.59 Å². The molecule has 0 saturated heterocycles. The highest BCUT2D eigenvalue weighted by Gasteiger charge is 2.33. The number of benzene rings is 2. The molecule has 1 aromatic heterocycles. The summed E-state index contributed by atoms with van der Waals surface area (Å²) in [6.45, 7) is 10.3. The van der Waals surface area contributed by atoms with Gasteiger partial charge in [-0.15, -0.1) is 0 Å². The number of hydrogen-bond acceptors (Lipinski definition) is 5. The summed E-state index contributed by atoms with van der Waals surface area (Å²) in [6.07, 6.45) is 1.87. The van der Waals surface area contributed by atoms with Crippen LogP contribution in [0.5, 0.6) is 0 Å². The number of rotatable bonds is 4. The van der Waals surface area contributed by atoms with Crippen LogP contribution >= 0.6 is 22.9 Å². The van der Waals surface area contributed by atoms with Crippen LogP contribution in [-0.2, 0) is 14.9 Å². The van der Waals surface area contributed by atoms with E-state index in [4.69, 9.17) is 16.3 Å². The van der Waals surface area contributed by atoms with E-state index in [1.165, 1.54) is 16.9 Å². The molecule has 1 atom stereocenters. The van der Waals surface area contributed by atoms with Crippen molar-refractivity contribution in [3.8, 4) is 0 Å². The van der Waals surface area contributed by atoms with Crippen LogP contribution in [0.1, 0.15) is 57.4 Å². The molecule has 0 radical (unpaired) electrons. The van der Waals surface area contributed by atoms with E-state index >= 15 is 0 Å². The number of carbonyl (C=O) groups excluding carboxylic acids is 1. The van der Waals surface area contributed by atoms with Gasteiger partial charge in [0.2, 0.25) is 0 Å². The maximum absolute atomic E-state index is 13.6. The van der Waals surface area contributed by atoms with E-state index < -0.39 is 12.0 Å². The van der Waals surface area contributed by atoms with E-state index in [0.717, 1.165) is 11.1 Å². The Bertz CT molecular complexity index is 1440. The fourth-order valence-corrected chi connectivity index (χ4v) is 5.16. The highest BCUT2D eigenvalue weighted by Crippen LogP contribution is 2.31. The van der Waals surface area contributed by atoms with Crippen LogP contribution in [0.25, 0.3) is 6.08 Å². The normalized spacial score (nSPS) is 16.3. The second kappa shape index (κ2) is 9.35. The molecule has 5 nitrogen and oxygen atoms in total. The molecule has 3 aromatic rings. The fourth-order valence-electron chi connectivity index (χ4n) is 3.98. The second-order valence-corrected chi connectivity index (χ2v) is 10.7. The Morgan fingerprint density at radius 2 is 1.79 bits per heavy atom. The van der Waals surface area contributed by atoms with Crippen LogP contribution in [-0.4, -0.2) is 17.1 Å². The molecule has 0 spiro atoms. The summed E-state index contributed by atoms with van der Waals surface area (Å²) >= 11 is 7.41. The predicted molar refractivity (Wildman–Crippen MR) is 137 cm³/mol. The zero-order valence-corrected chi connectivity index (χ0v) is 21.5. The number of nitrogens with zero attached hydrogens (tertiary/aromatic N) is 2. The summed E-state index contributed by atoms with van der Waals surface area (Å²) in [6, 6.07) is 14.7. The average molecular weight is 495 g/mol. The Labute approximate surface area is 207 Å². The lowest BCUT2D eigenvalue weighted by Crippen LogP contribution is -2.39.